The quantitative estimate of drug-likeness (QED) is 0.432. The lowest BCUT2D eigenvalue weighted by Gasteiger charge is -2.42. The number of nitro groups is 1. The number of carbonyl (C=O) groups is 1. The maximum atomic E-state index is 14.9. The van der Waals surface area contributed by atoms with Gasteiger partial charge in [0, 0.05) is 25.1 Å². The van der Waals surface area contributed by atoms with Crippen LogP contribution in [0, 0.1) is 10.1 Å². The molecule has 1 saturated heterocycles. The second-order valence-electron chi connectivity index (χ2n) is 9.95. The largest absolute Gasteiger partial charge is 0.444 e. The highest BCUT2D eigenvalue weighted by atomic mass is 32.2. The average molecular weight is 538 g/mol. The van der Waals surface area contributed by atoms with Crippen LogP contribution in [0.25, 0.3) is 0 Å². The summed E-state index contributed by atoms with van der Waals surface area (Å²) in [4.78, 5) is 23.1. The van der Waals surface area contributed by atoms with E-state index in [4.69, 9.17) is 9.47 Å². The van der Waals surface area contributed by atoms with Crippen molar-refractivity contribution >= 4 is 21.8 Å². The molecule has 1 saturated carbocycles. The first kappa shape index (κ1) is 28.1. The Morgan fingerprint density at radius 3 is 2.39 bits per heavy atom. The van der Waals surface area contributed by atoms with E-state index < -0.39 is 68.3 Å². The van der Waals surface area contributed by atoms with Crippen LogP contribution in [0.2, 0.25) is 0 Å². The molecule has 10 nitrogen and oxygen atoms in total. The van der Waals surface area contributed by atoms with Crippen LogP contribution in [0.1, 0.15) is 46.5 Å². The van der Waals surface area contributed by atoms with Crippen molar-refractivity contribution in [3.63, 3.8) is 0 Å². The number of carbonyl (C=O) groups excluding carboxylic acids is 1. The normalized spacial score (nSPS) is 26.9. The van der Waals surface area contributed by atoms with Gasteiger partial charge in [-0.2, -0.15) is 4.72 Å². The third kappa shape index (κ3) is 6.85. The van der Waals surface area contributed by atoms with Crippen LogP contribution in [-0.2, 0) is 19.5 Å². The molecule has 1 aliphatic heterocycles. The minimum atomic E-state index is -4.49. The van der Waals surface area contributed by atoms with E-state index in [0.29, 0.717) is 0 Å². The average Bonchev–Trinajstić information content (AvgIpc) is 2.76. The number of non-ortho nitro benzene ring substituents is 1. The third-order valence-corrected chi connectivity index (χ3v) is 7.41. The number of likely N-dealkylation sites (tertiary alicyclic amines) is 1. The van der Waals surface area contributed by atoms with Gasteiger partial charge in [-0.3, -0.25) is 10.1 Å². The Balaban J connectivity index is 1.71. The van der Waals surface area contributed by atoms with E-state index in [9.17, 15) is 36.5 Å². The zero-order valence-corrected chi connectivity index (χ0v) is 21.0. The van der Waals surface area contributed by atoms with E-state index in [1.165, 1.54) is 4.90 Å². The Labute approximate surface area is 207 Å². The molecule has 36 heavy (non-hydrogen) atoms. The van der Waals surface area contributed by atoms with Gasteiger partial charge in [-0.15, -0.1) is 0 Å². The molecule has 0 aromatic heterocycles. The smallest absolute Gasteiger partial charge is 0.410 e. The molecule has 2 aliphatic rings. The minimum absolute atomic E-state index is 0.0182. The maximum Gasteiger partial charge on any atom is 0.410 e. The molecule has 0 radical (unpaired) electrons. The molecule has 1 amide bonds. The highest BCUT2D eigenvalue weighted by molar-refractivity contribution is 7.89. The third-order valence-electron chi connectivity index (χ3n) is 5.95. The topological polar surface area (TPSA) is 128 Å². The van der Waals surface area contributed by atoms with E-state index in [0.717, 1.165) is 24.3 Å². The molecule has 3 rings (SSSR count). The number of amides is 1. The highest BCUT2D eigenvalue weighted by Gasteiger charge is 2.51. The van der Waals surface area contributed by atoms with Gasteiger partial charge in [-0.05, 0) is 52.2 Å². The summed E-state index contributed by atoms with van der Waals surface area (Å²) in [5.74, 6) is -3.47. The van der Waals surface area contributed by atoms with Gasteiger partial charge in [0.05, 0.1) is 28.6 Å². The predicted molar refractivity (Wildman–Crippen MR) is 122 cm³/mol. The van der Waals surface area contributed by atoms with Crippen molar-refractivity contribution in [1.29, 1.82) is 0 Å². The first-order valence-electron chi connectivity index (χ1n) is 11.5. The van der Waals surface area contributed by atoms with E-state index in [-0.39, 0.29) is 38.0 Å². The first-order chi connectivity index (χ1) is 16.6. The van der Waals surface area contributed by atoms with E-state index in [1.54, 1.807) is 20.8 Å². The molecular weight excluding hydrogens is 507 g/mol. The summed E-state index contributed by atoms with van der Waals surface area (Å²) in [6, 6.07) is 1.83. The number of nitrogens with one attached hydrogen (secondary N) is 1. The fourth-order valence-electron chi connectivity index (χ4n) is 4.18. The summed E-state index contributed by atoms with van der Waals surface area (Å²) in [7, 11) is -4.49. The maximum absolute atomic E-state index is 14.9. The van der Waals surface area contributed by atoms with Crippen molar-refractivity contribution in [1.82, 2.24) is 9.62 Å². The number of hydrogen-bond acceptors (Lipinski definition) is 7. The van der Waals surface area contributed by atoms with Crippen LogP contribution in [0.15, 0.2) is 29.2 Å². The first-order valence-corrected chi connectivity index (χ1v) is 13.0. The zero-order chi connectivity index (χ0) is 26.9. The van der Waals surface area contributed by atoms with Gasteiger partial charge >= 0.3 is 6.09 Å². The molecule has 1 aromatic rings. The summed E-state index contributed by atoms with van der Waals surface area (Å²) < 4.78 is 83.1. The SMILES string of the molecule is CC(C)(C)OC(=O)N1CC[C@H](O[C@H]2CCCC(F)(F)[C@@H]2NS(=O)(=O)c2ccc([N+](=O)[O-])cc2)[C@H](F)C1. The number of alkyl halides is 3. The van der Waals surface area contributed by atoms with Crippen LogP contribution >= 0.6 is 0 Å². The molecule has 1 heterocycles. The highest BCUT2D eigenvalue weighted by Crippen LogP contribution is 2.37. The number of rotatable bonds is 6. The summed E-state index contributed by atoms with van der Waals surface area (Å²) in [5, 5.41) is 10.8. The van der Waals surface area contributed by atoms with Gasteiger partial charge in [0.25, 0.3) is 11.6 Å². The van der Waals surface area contributed by atoms with Crippen molar-refractivity contribution in [2.24, 2.45) is 0 Å². The van der Waals surface area contributed by atoms with E-state index in [1.807, 2.05) is 4.72 Å². The number of hydrogen-bond donors (Lipinski definition) is 1. The van der Waals surface area contributed by atoms with Crippen molar-refractivity contribution < 1.29 is 40.8 Å². The van der Waals surface area contributed by atoms with E-state index >= 15 is 0 Å². The molecule has 14 heteroatoms. The molecule has 0 spiro atoms. The molecule has 0 bridgehead atoms. The molecule has 2 fully saturated rings. The second-order valence-corrected chi connectivity index (χ2v) is 11.7. The fourth-order valence-corrected chi connectivity index (χ4v) is 5.47. The molecule has 202 valence electrons. The molecule has 0 unspecified atom stereocenters. The Bertz CT molecular complexity index is 1060. The van der Waals surface area contributed by atoms with Crippen LogP contribution < -0.4 is 4.72 Å². The van der Waals surface area contributed by atoms with Gasteiger partial charge in [-0.25, -0.2) is 26.4 Å². The lowest BCUT2D eigenvalue weighted by Crippen LogP contribution is -2.59. The lowest BCUT2D eigenvalue weighted by molar-refractivity contribution is -0.384. The van der Waals surface area contributed by atoms with Crippen LogP contribution in [0.4, 0.5) is 23.7 Å². The molecule has 1 aliphatic carbocycles. The fraction of sp³-hybridized carbons (Fsp3) is 0.682. The number of halogens is 3. The van der Waals surface area contributed by atoms with Crippen LogP contribution in [0.3, 0.4) is 0 Å². The number of nitrogens with zero attached hydrogens (tertiary/aromatic N) is 2. The lowest BCUT2D eigenvalue weighted by atomic mass is 9.89. The van der Waals surface area contributed by atoms with Gasteiger partial charge < -0.3 is 14.4 Å². The number of sulfonamides is 1. The van der Waals surface area contributed by atoms with Gasteiger partial charge in [0.2, 0.25) is 10.0 Å². The number of ether oxygens (including phenoxy) is 2. The van der Waals surface area contributed by atoms with Gasteiger partial charge in [-0.1, -0.05) is 0 Å². The Morgan fingerprint density at radius 1 is 1.19 bits per heavy atom. The monoisotopic (exact) mass is 537 g/mol. The molecule has 4 atom stereocenters. The van der Waals surface area contributed by atoms with Crippen LogP contribution in [0.5, 0.6) is 0 Å². The predicted octanol–water partition coefficient (Wildman–Crippen LogP) is 3.79. The van der Waals surface area contributed by atoms with Gasteiger partial charge in [0.1, 0.15) is 17.8 Å². The zero-order valence-electron chi connectivity index (χ0n) is 20.2. The van der Waals surface area contributed by atoms with Crippen LogP contribution in [-0.4, -0.2) is 73.4 Å². The number of benzene rings is 1. The van der Waals surface area contributed by atoms with Gasteiger partial charge in [0.15, 0.2) is 0 Å². The Kier molecular flexibility index (Phi) is 8.20. The van der Waals surface area contributed by atoms with Crippen molar-refractivity contribution in [3.05, 3.63) is 34.4 Å². The Hall–Kier alpha value is -2.45. The number of piperidine rings is 1. The second kappa shape index (κ2) is 10.5. The molecular formula is C22H30F3N3O7S. The summed E-state index contributed by atoms with van der Waals surface area (Å²) >= 11 is 0. The standard InChI is InChI=1S/C22H30F3N3O7S/c1-21(2,3)35-20(29)27-12-10-17(16(23)13-27)34-18-5-4-11-22(24,25)19(18)26-36(32,33)15-8-6-14(7-9-15)28(30)31/h6-9,16-19,26H,4-5,10-13H2,1-3H3/t16-,17+,18+,19-/m1/s1. The summed E-state index contributed by atoms with van der Waals surface area (Å²) in [5.41, 5.74) is -1.12. The number of nitro benzene ring substituents is 1. The summed E-state index contributed by atoms with van der Waals surface area (Å²) in [6.45, 7) is 4.77. The molecule has 1 N–H and O–H groups in total. The van der Waals surface area contributed by atoms with Crippen molar-refractivity contribution in [2.75, 3.05) is 13.1 Å². The minimum Gasteiger partial charge on any atom is -0.444 e. The molecule has 1 aromatic carbocycles. The van der Waals surface area contributed by atoms with E-state index in [2.05, 4.69) is 0 Å². The Morgan fingerprint density at radius 2 is 1.83 bits per heavy atom. The van der Waals surface area contributed by atoms with Crippen molar-refractivity contribution in [3.8, 4) is 0 Å². The van der Waals surface area contributed by atoms with Crippen molar-refractivity contribution in [2.45, 2.75) is 87.3 Å². The summed E-state index contributed by atoms with van der Waals surface area (Å²) in [6.07, 6.45) is -5.27.